The smallest absolute Gasteiger partial charge is 0.321 e. The van der Waals surface area contributed by atoms with Crippen LogP contribution in [0.5, 0.6) is 0 Å². The quantitative estimate of drug-likeness (QED) is 0.634. The van der Waals surface area contributed by atoms with Crippen LogP contribution in [0.2, 0.25) is 0 Å². The van der Waals surface area contributed by atoms with Gasteiger partial charge in [0.15, 0.2) is 0 Å². The van der Waals surface area contributed by atoms with Crippen LogP contribution in [0.25, 0.3) is 0 Å². The summed E-state index contributed by atoms with van der Waals surface area (Å²) in [7, 11) is 1.59. The van der Waals surface area contributed by atoms with Crippen LogP contribution >= 0.6 is 0 Å². The van der Waals surface area contributed by atoms with Crippen molar-refractivity contribution in [3.63, 3.8) is 0 Å². The van der Waals surface area contributed by atoms with Crippen molar-refractivity contribution < 1.29 is 14.6 Å². The summed E-state index contributed by atoms with van der Waals surface area (Å²) in [5.74, 6) is -0.764. The first-order valence-corrected chi connectivity index (χ1v) is 4.63. The lowest BCUT2D eigenvalue weighted by Crippen LogP contribution is -2.44. The topological polar surface area (TPSA) is 58.6 Å². The van der Waals surface area contributed by atoms with E-state index in [2.05, 4.69) is 5.32 Å². The van der Waals surface area contributed by atoms with Gasteiger partial charge in [0.1, 0.15) is 6.04 Å². The fraction of sp³-hybridized carbons (Fsp3) is 0.889. The molecule has 2 N–H and O–H groups in total. The van der Waals surface area contributed by atoms with Crippen LogP contribution in [-0.2, 0) is 9.53 Å². The number of aliphatic carboxylic acids is 1. The van der Waals surface area contributed by atoms with Gasteiger partial charge < -0.3 is 15.2 Å². The fourth-order valence-corrected chi connectivity index (χ4v) is 1.34. The van der Waals surface area contributed by atoms with Gasteiger partial charge in [0, 0.05) is 19.1 Å². The van der Waals surface area contributed by atoms with Crippen LogP contribution in [0.4, 0.5) is 0 Å². The summed E-state index contributed by atoms with van der Waals surface area (Å²) in [6.07, 6.45) is 2.20. The Kier molecular flexibility index (Phi) is 3.69. The molecule has 0 bridgehead atoms. The minimum absolute atomic E-state index is 0.0168. The van der Waals surface area contributed by atoms with E-state index < -0.39 is 12.0 Å². The number of carbonyl (C=O) groups is 1. The van der Waals surface area contributed by atoms with Crippen molar-refractivity contribution in [2.75, 3.05) is 13.7 Å². The first-order valence-electron chi connectivity index (χ1n) is 4.63. The van der Waals surface area contributed by atoms with Crippen LogP contribution in [0.3, 0.4) is 0 Å². The summed E-state index contributed by atoms with van der Waals surface area (Å²) in [5.41, 5.74) is 0. The highest BCUT2D eigenvalue weighted by Gasteiger charge is 2.31. The maximum absolute atomic E-state index is 10.9. The van der Waals surface area contributed by atoms with Crippen LogP contribution in [0.1, 0.15) is 19.8 Å². The summed E-state index contributed by atoms with van der Waals surface area (Å²) in [6.45, 7) is 2.37. The summed E-state index contributed by atoms with van der Waals surface area (Å²) in [6, 6.07) is -0.0483. The van der Waals surface area contributed by atoms with Crippen molar-refractivity contribution >= 4 is 5.97 Å². The zero-order chi connectivity index (χ0) is 9.84. The molecule has 2 atom stereocenters. The van der Waals surface area contributed by atoms with Gasteiger partial charge in [-0.25, -0.2) is 0 Å². The Balaban J connectivity index is 2.39. The van der Waals surface area contributed by atoms with E-state index in [9.17, 15) is 4.79 Å². The number of hydrogen-bond acceptors (Lipinski definition) is 3. The Hall–Kier alpha value is -0.610. The van der Waals surface area contributed by atoms with Gasteiger partial charge in [0.05, 0.1) is 6.61 Å². The molecule has 13 heavy (non-hydrogen) atoms. The van der Waals surface area contributed by atoms with Crippen molar-refractivity contribution in [3.8, 4) is 0 Å². The molecule has 0 heterocycles. The SMILES string of the molecule is COCC(C)C(NC1CC1)C(=O)O. The Morgan fingerprint density at radius 1 is 1.69 bits per heavy atom. The number of ether oxygens (including phenoxy) is 1. The van der Waals surface area contributed by atoms with Crippen molar-refractivity contribution in [2.45, 2.75) is 31.8 Å². The number of hydrogen-bond donors (Lipinski definition) is 2. The van der Waals surface area contributed by atoms with Crippen molar-refractivity contribution in [2.24, 2.45) is 5.92 Å². The highest BCUT2D eigenvalue weighted by atomic mass is 16.5. The molecule has 1 aliphatic carbocycles. The monoisotopic (exact) mass is 187 g/mol. The second-order valence-corrected chi connectivity index (χ2v) is 3.69. The summed E-state index contributed by atoms with van der Waals surface area (Å²) in [5, 5.41) is 12.0. The Morgan fingerprint density at radius 2 is 2.31 bits per heavy atom. The minimum atomic E-state index is -0.781. The van der Waals surface area contributed by atoms with Crippen LogP contribution in [-0.4, -0.2) is 36.9 Å². The molecule has 0 amide bonds. The van der Waals surface area contributed by atoms with Gasteiger partial charge in [0.25, 0.3) is 0 Å². The Morgan fingerprint density at radius 3 is 2.69 bits per heavy atom. The van der Waals surface area contributed by atoms with Crippen LogP contribution in [0.15, 0.2) is 0 Å². The molecule has 0 aromatic rings. The van der Waals surface area contributed by atoms with Gasteiger partial charge in [0.2, 0.25) is 0 Å². The molecule has 0 spiro atoms. The van der Waals surface area contributed by atoms with Crippen LogP contribution < -0.4 is 5.32 Å². The molecule has 0 aliphatic heterocycles. The van der Waals surface area contributed by atoms with Crippen molar-refractivity contribution in [1.82, 2.24) is 5.32 Å². The number of carboxylic acid groups (broad SMARTS) is 1. The largest absolute Gasteiger partial charge is 0.480 e. The second-order valence-electron chi connectivity index (χ2n) is 3.69. The highest BCUT2D eigenvalue weighted by Crippen LogP contribution is 2.21. The molecule has 0 saturated heterocycles. The van der Waals surface area contributed by atoms with Gasteiger partial charge in [-0.2, -0.15) is 0 Å². The van der Waals surface area contributed by atoms with E-state index in [1.807, 2.05) is 6.92 Å². The molecular weight excluding hydrogens is 170 g/mol. The van der Waals surface area contributed by atoms with Crippen molar-refractivity contribution in [3.05, 3.63) is 0 Å². The molecule has 0 aromatic heterocycles. The maximum Gasteiger partial charge on any atom is 0.321 e. The molecule has 1 fully saturated rings. The lowest BCUT2D eigenvalue weighted by atomic mass is 10.0. The summed E-state index contributed by atoms with van der Waals surface area (Å²) >= 11 is 0. The standard InChI is InChI=1S/C9H17NO3/c1-6(5-13-2)8(9(11)12)10-7-3-4-7/h6-8,10H,3-5H2,1-2H3,(H,11,12). The molecule has 4 heteroatoms. The molecule has 1 aliphatic rings. The average molecular weight is 187 g/mol. The molecule has 1 rings (SSSR count). The number of nitrogens with one attached hydrogen (secondary N) is 1. The molecule has 0 radical (unpaired) electrons. The van der Waals surface area contributed by atoms with E-state index >= 15 is 0 Å². The third-order valence-electron chi connectivity index (χ3n) is 2.26. The van der Waals surface area contributed by atoms with Gasteiger partial charge in [-0.05, 0) is 12.8 Å². The average Bonchev–Trinajstić information content (AvgIpc) is 2.83. The Labute approximate surface area is 78.3 Å². The predicted octanol–water partition coefficient (Wildman–Crippen LogP) is 0.474. The van der Waals surface area contributed by atoms with E-state index in [-0.39, 0.29) is 5.92 Å². The zero-order valence-corrected chi connectivity index (χ0v) is 8.12. The third kappa shape index (κ3) is 3.32. The van der Waals surface area contributed by atoms with Gasteiger partial charge in [-0.3, -0.25) is 4.79 Å². The van der Waals surface area contributed by atoms with Gasteiger partial charge in [-0.15, -0.1) is 0 Å². The molecule has 1 saturated carbocycles. The van der Waals surface area contributed by atoms with Gasteiger partial charge in [-0.1, -0.05) is 6.92 Å². The lowest BCUT2D eigenvalue weighted by Gasteiger charge is -2.20. The second kappa shape index (κ2) is 4.58. The lowest BCUT2D eigenvalue weighted by molar-refractivity contribution is -0.141. The minimum Gasteiger partial charge on any atom is -0.480 e. The fourth-order valence-electron chi connectivity index (χ4n) is 1.34. The van der Waals surface area contributed by atoms with E-state index in [1.165, 1.54) is 0 Å². The predicted molar refractivity (Wildman–Crippen MR) is 48.6 cm³/mol. The van der Waals surface area contributed by atoms with E-state index in [0.717, 1.165) is 12.8 Å². The summed E-state index contributed by atoms with van der Waals surface area (Å²) < 4.78 is 4.93. The third-order valence-corrected chi connectivity index (χ3v) is 2.26. The molecule has 76 valence electrons. The number of carboxylic acids is 1. The maximum atomic E-state index is 10.9. The molecule has 4 nitrogen and oxygen atoms in total. The molecular formula is C9H17NO3. The first-order chi connectivity index (χ1) is 6.15. The van der Waals surface area contributed by atoms with Gasteiger partial charge >= 0.3 is 5.97 Å². The van der Waals surface area contributed by atoms with Crippen LogP contribution in [0, 0.1) is 5.92 Å². The molecule has 0 aromatic carbocycles. The highest BCUT2D eigenvalue weighted by molar-refractivity contribution is 5.73. The van der Waals surface area contributed by atoms with E-state index in [1.54, 1.807) is 7.11 Å². The first kappa shape index (κ1) is 10.5. The summed E-state index contributed by atoms with van der Waals surface area (Å²) in [4.78, 5) is 10.9. The zero-order valence-electron chi connectivity index (χ0n) is 8.12. The number of rotatable bonds is 6. The van der Waals surface area contributed by atoms with E-state index in [0.29, 0.717) is 12.6 Å². The normalized spacial score (nSPS) is 21.1. The molecule has 2 unspecified atom stereocenters. The number of methoxy groups -OCH3 is 1. The Bertz CT molecular complexity index is 180. The van der Waals surface area contributed by atoms with E-state index in [4.69, 9.17) is 9.84 Å². The van der Waals surface area contributed by atoms with Crippen molar-refractivity contribution in [1.29, 1.82) is 0 Å².